The minimum absolute atomic E-state index is 0.593. The zero-order valence-electron chi connectivity index (χ0n) is 14.3. The van der Waals surface area contributed by atoms with Gasteiger partial charge in [-0.25, -0.2) is 0 Å². The quantitative estimate of drug-likeness (QED) is 0.747. The van der Waals surface area contributed by atoms with Crippen molar-refractivity contribution >= 4 is 0 Å². The van der Waals surface area contributed by atoms with E-state index >= 15 is 0 Å². The lowest BCUT2D eigenvalue weighted by molar-refractivity contribution is 0.214. The van der Waals surface area contributed by atoms with Gasteiger partial charge in [0.1, 0.15) is 24.7 Å². The van der Waals surface area contributed by atoms with Crippen molar-refractivity contribution in [2.45, 2.75) is 32.3 Å². The highest BCUT2D eigenvalue weighted by Crippen LogP contribution is 2.19. The molecular weight excluding hydrogens is 298 g/mol. The van der Waals surface area contributed by atoms with Gasteiger partial charge in [0.2, 0.25) is 0 Å². The number of ether oxygens (including phenoxy) is 2. The molecule has 0 radical (unpaired) electrons. The molecule has 0 spiro atoms. The average Bonchev–Trinajstić information content (AvgIpc) is 2.91. The van der Waals surface area contributed by atoms with Crippen molar-refractivity contribution in [2.75, 3.05) is 26.2 Å². The SMILES string of the molecule is c1ccc(COc2ccc(OCCN3CCCCCC3)cc2)cc1. The van der Waals surface area contributed by atoms with E-state index in [0.29, 0.717) is 6.61 Å². The summed E-state index contributed by atoms with van der Waals surface area (Å²) >= 11 is 0. The van der Waals surface area contributed by atoms with E-state index in [-0.39, 0.29) is 0 Å². The molecule has 1 aliphatic rings. The van der Waals surface area contributed by atoms with E-state index in [9.17, 15) is 0 Å². The second-order valence-electron chi connectivity index (χ2n) is 6.35. The summed E-state index contributed by atoms with van der Waals surface area (Å²) in [6.45, 7) is 4.80. The maximum absolute atomic E-state index is 5.87. The lowest BCUT2D eigenvalue weighted by atomic mass is 10.2. The summed E-state index contributed by atoms with van der Waals surface area (Å²) in [6, 6.07) is 18.1. The van der Waals surface area contributed by atoms with E-state index in [1.165, 1.54) is 44.3 Å². The van der Waals surface area contributed by atoms with Gasteiger partial charge in [-0.05, 0) is 55.8 Å². The topological polar surface area (TPSA) is 21.7 Å². The fraction of sp³-hybridized carbons (Fsp3) is 0.429. The van der Waals surface area contributed by atoms with Crippen molar-refractivity contribution in [3.8, 4) is 11.5 Å². The average molecular weight is 325 g/mol. The zero-order valence-corrected chi connectivity index (χ0v) is 14.3. The monoisotopic (exact) mass is 325 g/mol. The number of rotatable bonds is 7. The molecule has 1 aliphatic heterocycles. The summed E-state index contributed by atoms with van der Waals surface area (Å²) in [4.78, 5) is 2.52. The molecule has 0 N–H and O–H groups in total. The largest absolute Gasteiger partial charge is 0.492 e. The highest BCUT2D eigenvalue weighted by molar-refractivity contribution is 5.31. The Morgan fingerprint density at radius 1 is 0.708 bits per heavy atom. The third-order valence-electron chi connectivity index (χ3n) is 4.45. The van der Waals surface area contributed by atoms with Crippen LogP contribution in [0, 0.1) is 0 Å². The Balaban J connectivity index is 1.39. The van der Waals surface area contributed by atoms with E-state index < -0.39 is 0 Å². The van der Waals surface area contributed by atoms with E-state index in [1.807, 2.05) is 42.5 Å². The maximum Gasteiger partial charge on any atom is 0.120 e. The Morgan fingerprint density at radius 2 is 1.33 bits per heavy atom. The molecule has 1 fully saturated rings. The van der Waals surface area contributed by atoms with Crippen molar-refractivity contribution in [3.63, 3.8) is 0 Å². The van der Waals surface area contributed by atoms with Gasteiger partial charge in [0.15, 0.2) is 0 Å². The van der Waals surface area contributed by atoms with E-state index in [1.54, 1.807) is 0 Å². The van der Waals surface area contributed by atoms with Crippen LogP contribution in [0.3, 0.4) is 0 Å². The minimum atomic E-state index is 0.593. The van der Waals surface area contributed by atoms with Crippen LogP contribution in [0.25, 0.3) is 0 Å². The summed E-state index contributed by atoms with van der Waals surface area (Å²) in [7, 11) is 0. The van der Waals surface area contributed by atoms with Crippen LogP contribution in [0.2, 0.25) is 0 Å². The van der Waals surface area contributed by atoms with Crippen LogP contribution in [-0.4, -0.2) is 31.1 Å². The number of nitrogens with zero attached hydrogens (tertiary/aromatic N) is 1. The molecule has 0 aromatic heterocycles. The van der Waals surface area contributed by atoms with Gasteiger partial charge in [0.25, 0.3) is 0 Å². The summed E-state index contributed by atoms with van der Waals surface area (Å²) in [6.07, 6.45) is 5.41. The van der Waals surface area contributed by atoms with Crippen LogP contribution >= 0.6 is 0 Å². The van der Waals surface area contributed by atoms with Crippen LogP contribution in [0.1, 0.15) is 31.2 Å². The Bertz CT molecular complexity index is 575. The van der Waals surface area contributed by atoms with Gasteiger partial charge in [0, 0.05) is 6.54 Å². The van der Waals surface area contributed by atoms with Gasteiger partial charge >= 0.3 is 0 Å². The van der Waals surface area contributed by atoms with E-state index in [2.05, 4.69) is 17.0 Å². The van der Waals surface area contributed by atoms with Gasteiger partial charge < -0.3 is 9.47 Å². The second kappa shape index (κ2) is 9.33. The standard InChI is InChI=1S/C21H27NO2/c1-2-7-15-22(14-6-1)16-17-23-20-10-12-21(13-11-20)24-18-19-8-4-3-5-9-19/h3-5,8-13H,1-2,6-7,14-18H2. The molecule has 1 saturated heterocycles. The molecule has 1 heterocycles. The third-order valence-corrected chi connectivity index (χ3v) is 4.45. The first kappa shape index (κ1) is 16.8. The fourth-order valence-corrected chi connectivity index (χ4v) is 3.03. The zero-order chi connectivity index (χ0) is 16.5. The molecule has 3 heteroatoms. The Kier molecular flexibility index (Phi) is 6.55. The summed E-state index contributed by atoms with van der Waals surface area (Å²) in [5.74, 6) is 1.79. The molecule has 0 atom stereocenters. The maximum atomic E-state index is 5.87. The smallest absolute Gasteiger partial charge is 0.120 e. The van der Waals surface area contributed by atoms with Crippen LogP contribution in [0.4, 0.5) is 0 Å². The molecule has 0 aliphatic carbocycles. The van der Waals surface area contributed by atoms with Gasteiger partial charge in [0.05, 0.1) is 0 Å². The highest BCUT2D eigenvalue weighted by atomic mass is 16.5. The third kappa shape index (κ3) is 5.57. The van der Waals surface area contributed by atoms with E-state index in [4.69, 9.17) is 9.47 Å². The molecule has 3 rings (SSSR count). The first-order valence-corrected chi connectivity index (χ1v) is 9.02. The molecule has 3 nitrogen and oxygen atoms in total. The minimum Gasteiger partial charge on any atom is -0.492 e. The second-order valence-corrected chi connectivity index (χ2v) is 6.35. The first-order chi connectivity index (χ1) is 11.9. The summed E-state index contributed by atoms with van der Waals surface area (Å²) < 4.78 is 11.7. The van der Waals surface area contributed by atoms with Crippen molar-refractivity contribution in [2.24, 2.45) is 0 Å². The molecule has 2 aromatic rings. The molecule has 128 valence electrons. The number of hydrogen-bond donors (Lipinski definition) is 0. The van der Waals surface area contributed by atoms with Gasteiger partial charge in [-0.3, -0.25) is 4.90 Å². The predicted molar refractivity (Wildman–Crippen MR) is 97.6 cm³/mol. The summed E-state index contributed by atoms with van der Waals surface area (Å²) in [5.41, 5.74) is 1.18. The van der Waals surface area contributed by atoms with Crippen molar-refractivity contribution in [1.82, 2.24) is 4.90 Å². The molecular formula is C21H27NO2. The predicted octanol–water partition coefficient (Wildman–Crippen LogP) is 4.52. The molecule has 2 aromatic carbocycles. The summed E-state index contributed by atoms with van der Waals surface area (Å²) in [5, 5.41) is 0. The number of hydrogen-bond acceptors (Lipinski definition) is 3. The van der Waals surface area contributed by atoms with Crippen LogP contribution in [-0.2, 0) is 6.61 Å². The molecule has 24 heavy (non-hydrogen) atoms. The molecule has 0 unspecified atom stereocenters. The normalized spacial score (nSPS) is 15.7. The van der Waals surface area contributed by atoms with Crippen LogP contribution < -0.4 is 9.47 Å². The highest BCUT2D eigenvalue weighted by Gasteiger charge is 2.08. The van der Waals surface area contributed by atoms with Gasteiger partial charge in [-0.1, -0.05) is 43.2 Å². The van der Waals surface area contributed by atoms with Gasteiger partial charge in [-0.2, -0.15) is 0 Å². The lowest BCUT2D eigenvalue weighted by Crippen LogP contribution is -2.29. The van der Waals surface area contributed by atoms with Crippen LogP contribution in [0.5, 0.6) is 11.5 Å². The van der Waals surface area contributed by atoms with Crippen molar-refractivity contribution in [3.05, 3.63) is 60.2 Å². The van der Waals surface area contributed by atoms with Crippen molar-refractivity contribution in [1.29, 1.82) is 0 Å². The Hall–Kier alpha value is -2.00. The van der Waals surface area contributed by atoms with Gasteiger partial charge in [-0.15, -0.1) is 0 Å². The molecule has 0 saturated carbocycles. The number of likely N-dealkylation sites (tertiary alicyclic amines) is 1. The first-order valence-electron chi connectivity index (χ1n) is 9.02. The number of benzene rings is 2. The lowest BCUT2D eigenvalue weighted by Gasteiger charge is -2.19. The van der Waals surface area contributed by atoms with E-state index in [0.717, 1.165) is 24.7 Å². The fourth-order valence-electron chi connectivity index (χ4n) is 3.03. The Labute approximate surface area is 145 Å². The molecule has 0 bridgehead atoms. The van der Waals surface area contributed by atoms with Crippen LogP contribution in [0.15, 0.2) is 54.6 Å². The Morgan fingerprint density at radius 3 is 2.00 bits per heavy atom. The van der Waals surface area contributed by atoms with Crippen molar-refractivity contribution < 1.29 is 9.47 Å². The molecule has 0 amide bonds.